The van der Waals surface area contributed by atoms with Crippen molar-refractivity contribution in [3.05, 3.63) is 52.4 Å². The molecule has 0 amide bonds. The van der Waals surface area contributed by atoms with Crippen LogP contribution >= 0.6 is 11.3 Å². The highest BCUT2D eigenvalue weighted by molar-refractivity contribution is 7.16. The fraction of sp³-hybridized carbons (Fsp3) is 0.133. The number of thiophene rings is 1. The van der Waals surface area contributed by atoms with Crippen molar-refractivity contribution in [1.82, 2.24) is 0 Å². The van der Waals surface area contributed by atoms with Crippen LogP contribution in [0.3, 0.4) is 0 Å². The van der Waals surface area contributed by atoms with Gasteiger partial charge in [-0.25, -0.2) is 0 Å². The highest BCUT2D eigenvalue weighted by atomic mass is 32.1. The molecule has 17 heavy (non-hydrogen) atoms. The van der Waals surface area contributed by atoms with Crippen LogP contribution in [0.25, 0.3) is 16.5 Å². The van der Waals surface area contributed by atoms with Crippen molar-refractivity contribution >= 4 is 17.4 Å². The number of hydrogen-bond donors (Lipinski definition) is 0. The molecular formula is C15H13NS. The standard InChI is InChI=1S/C15H13NS/c1-11-3-5-13(6-4-11)15-8-7-14(17-15)9-12(2)10-16/h3-9H,1-2H3/b12-9-. The monoisotopic (exact) mass is 239 g/mol. The van der Waals surface area contributed by atoms with E-state index in [2.05, 4.69) is 49.4 Å². The first-order chi connectivity index (χ1) is 8.19. The average Bonchev–Trinajstić information content (AvgIpc) is 2.78. The summed E-state index contributed by atoms with van der Waals surface area (Å²) in [7, 11) is 0. The predicted octanol–water partition coefficient (Wildman–Crippen LogP) is 4.65. The topological polar surface area (TPSA) is 23.8 Å². The van der Waals surface area contributed by atoms with Crippen molar-refractivity contribution in [2.45, 2.75) is 13.8 Å². The first-order valence-corrected chi connectivity index (χ1v) is 6.26. The van der Waals surface area contributed by atoms with E-state index >= 15 is 0 Å². The van der Waals surface area contributed by atoms with Gasteiger partial charge in [0, 0.05) is 15.3 Å². The highest BCUT2D eigenvalue weighted by Gasteiger charge is 2.01. The summed E-state index contributed by atoms with van der Waals surface area (Å²) < 4.78 is 0. The maximum atomic E-state index is 8.74. The first-order valence-electron chi connectivity index (χ1n) is 5.44. The Labute approximate surface area is 106 Å². The van der Waals surface area contributed by atoms with E-state index in [1.54, 1.807) is 11.3 Å². The third kappa shape index (κ3) is 2.83. The lowest BCUT2D eigenvalue weighted by atomic mass is 10.1. The zero-order valence-electron chi connectivity index (χ0n) is 9.90. The number of rotatable bonds is 2. The van der Waals surface area contributed by atoms with E-state index in [0.29, 0.717) is 0 Å². The summed E-state index contributed by atoms with van der Waals surface area (Å²) >= 11 is 1.71. The summed E-state index contributed by atoms with van der Waals surface area (Å²) in [6.45, 7) is 3.91. The number of hydrogen-bond acceptors (Lipinski definition) is 2. The van der Waals surface area contributed by atoms with Gasteiger partial charge in [0.25, 0.3) is 0 Å². The van der Waals surface area contributed by atoms with Crippen LogP contribution in [0.5, 0.6) is 0 Å². The van der Waals surface area contributed by atoms with Gasteiger partial charge in [-0.1, -0.05) is 29.8 Å². The van der Waals surface area contributed by atoms with Crippen LogP contribution in [0.1, 0.15) is 17.4 Å². The minimum absolute atomic E-state index is 0.738. The van der Waals surface area contributed by atoms with Crippen LogP contribution in [0, 0.1) is 18.3 Å². The Morgan fingerprint density at radius 3 is 2.53 bits per heavy atom. The molecular weight excluding hydrogens is 226 g/mol. The number of nitriles is 1. The van der Waals surface area contributed by atoms with Gasteiger partial charge in [-0.2, -0.15) is 5.26 Å². The molecule has 84 valence electrons. The molecule has 1 aromatic heterocycles. The summed E-state index contributed by atoms with van der Waals surface area (Å²) in [6.07, 6.45) is 1.92. The molecule has 1 heterocycles. The van der Waals surface area contributed by atoms with Crippen molar-refractivity contribution < 1.29 is 0 Å². The van der Waals surface area contributed by atoms with Crippen molar-refractivity contribution in [1.29, 1.82) is 5.26 Å². The molecule has 0 bridgehead atoms. The van der Waals surface area contributed by atoms with E-state index in [-0.39, 0.29) is 0 Å². The van der Waals surface area contributed by atoms with Crippen LogP contribution in [0.15, 0.2) is 42.0 Å². The van der Waals surface area contributed by atoms with E-state index in [0.717, 1.165) is 10.5 Å². The molecule has 0 aliphatic heterocycles. The van der Waals surface area contributed by atoms with E-state index in [4.69, 9.17) is 5.26 Å². The maximum Gasteiger partial charge on any atom is 0.0944 e. The van der Waals surface area contributed by atoms with Gasteiger partial charge < -0.3 is 0 Å². The number of nitrogens with zero attached hydrogens (tertiary/aromatic N) is 1. The van der Waals surface area contributed by atoms with Gasteiger partial charge in [0.2, 0.25) is 0 Å². The largest absolute Gasteiger partial charge is 0.193 e. The number of benzene rings is 1. The molecule has 0 saturated carbocycles. The second-order valence-electron chi connectivity index (χ2n) is 4.01. The van der Waals surface area contributed by atoms with Crippen molar-refractivity contribution in [3.63, 3.8) is 0 Å². The van der Waals surface area contributed by atoms with Gasteiger partial charge >= 0.3 is 0 Å². The molecule has 0 saturated heterocycles. The van der Waals surface area contributed by atoms with Crippen LogP contribution in [0.4, 0.5) is 0 Å². The lowest BCUT2D eigenvalue weighted by Gasteiger charge is -1.97. The summed E-state index contributed by atoms with van der Waals surface area (Å²) in [5.41, 5.74) is 3.24. The average molecular weight is 239 g/mol. The third-order valence-corrected chi connectivity index (χ3v) is 3.58. The molecule has 0 fully saturated rings. The summed E-state index contributed by atoms with van der Waals surface area (Å²) in [5, 5.41) is 8.74. The Bertz CT molecular complexity index is 582. The smallest absolute Gasteiger partial charge is 0.0944 e. The molecule has 0 atom stereocenters. The minimum Gasteiger partial charge on any atom is -0.193 e. The first kappa shape index (κ1) is 11.6. The second kappa shape index (κ2) is 4.99. The van der Waals surface area contributed by atoms with Gasteiger partial charge in [-0.3, -0.25) is 0 Å². The molecule has 0 N–H and O–H groups in total. The zero-order valence-corrected chi connectivity index (χ0v) is 10.7. The van der Waals surface area contributed by atoms with Crippen LogP contribution in [-0.2, 0) is 0 Å². The molecule has 0 aliphatic rings. The van der Waals surface area contributed by atoms with Crippen LogP contribution in [-0.4, -0.2) is 0 Å². The van der Waals surface area contributed by atoms with E-state index in [9.17, 15) is 0 Å². The molecule has 2 aromatic rings. The fourth-order valence-corrected chi connectivity index (χ4v) is 2.56. The predicted molar refractivity (Wildman–Crippen MR) is 73.8 cm³/mol. The van der Waals surface area contributed by atoms with Crippen LogP contribution < -0.4 is 0 Å². The Hall–Kier alpha value is -1.85. The molecule has 0 spiro atoms. The van der Waals surface area contributed by atoms with Crippen molar-refractivity contribution in [2.75, 3.05) is 0 Å². The summed E-state index contributed by atoms with van der Waals surface area (Å²) in [5.74, 6) is 0. The summed E-state index contributed by atoms with van der Waals surface area (Å²) in [4.78, 5) is 2.36. The van der Waals surface area contributed by atoms with Crippen LogP contribution in [0.2, 0.25) is 0 Å². The van der Waals surface area contributed by atoms with E-state index in [1.165, 1.54) is 16.0 Å². The van der Waals surface area contributed by atoms with Crippen molar-refractivity contribution in [3.8, 4) is 16.5 Å². The SMILES string of the molecule is C/C(C#N)=C/c1ccc(-c2ccc(C)cc2)s1. The highest BCUT2D eigenvalue weighted by Crippen LogP contribution is 2.29. The van der Waals surface area contributed by atoms with Gasteiger partial charge in [-0.15, -0.1) is 11.3 Å². The van der Waals surface area contributed by atoms with Gasteiger partial charge in [0.15, 0.2) is 0 Å². The molecule has 0 aliphatic carbocycles. The third-order valence-electron chi connectivity index (χ3n) is 2.50. The quantitative estimate of drug-likeness (QED) is 0.700. The Kier molecular flexibility index (Phi) is 3.41. The molecule has 2 rings (SSSR count). The number of allylic oxidation sites excluding steroid dienone is 1. The fourth-order valence-electron chi connectivity index (χ4n) is 1.55. The van der Waals surface area contributed by atoms with Gasteiger partial charge in [0.1, 0.15) is 0 Å². The van der Waals surface area contributed by atoms with Gasteiger partial charge in [-0.05, 0) is 37.6 Å². The second-order valence-corrected chi connectivity index (χ2v) is 5.12. The Balaban J connectivity index is 2.30. The lowest BCUT2D eigenvalue weighted by molar-refractivity contribution is 1.46. The van der Waals surface area contributed by atoms with E-state index in [1.807, 2.05) is 13.0 Å². The summed E-state index contributed by atoms with van der Waals surface area (Å²) in [6, 6.07) is 14.8. The number of aryl methyl sites for hydroxylation is 1. The Morgan fingerprint density at radius 2 is 1.88 bits per heavy atom. The molecule has 2 heteroatoms. The molecule has 0 unspecified atom stereocenters. The Morgan fingerprint density at radius 1 is 1.18 bits per heavy atom. The minimum atomic E-state index is 0.738. The molecule has 1 nitrogen and oxygen atoms in total. The van der Waals surface area contributed by atoms with Gasteiger partial charge in [0.05, 0.1) is 6.07 Å². The van der Waals surface area contributed by atoms with E-state index < -0.39 is 0 Å². The lowest BCUT2D eigenvalue weighted by Crippen LogP contribution is -1.72. The molecule has 0 radical (unpaired) electrons. The normalized spacial score (nSPS) is 11.2. The molecule has 1 aromatic carbocycles. The maximum absolute atomic E-state index is 8.74. The zero-order chi connectivity index (χ0) is 12.3. The van der Waals surface area contributed by atoms with Crippen molar-refractivity contribution in [2.24, 2.45) is 0 Å².